The lowest BCUT2D eigenvalue weighted by molar-refractivity contribution is -0.154. The zero-order valence-electron chi connectivity index (χ0n) is 16.7. The van der Waals surface area contributed by atoms with Crippen LogP contribution < -0.4 is 0 Å². The van der Waals surface area contributed by atoms with E-state index in [0.717, 1.165) is 19.6 Å². The number of hydrogen-bond donors (Lipinski definition) is 0. The molecule has 0 saturated carbocycles. The Morgan fingerprint density at radius 1 is 0.964 bits per heavy atom. The van der Waals surface area contributed by atoms with Gasteiger partial charge in [0, 0.05) is 53.0 Å². The summed E-state index contributed by atoms with van der Waals surface area (Å²) in [7, 11) is 3.78. The number of likely N-dealkylation sites (N-methyl/N-ethyl adjacent to an activating group) is 1. The Kier molecular flexibility index (Phi) is 4.98. The first-order valence-corrected chi connectivity index (χ1v) is 9.96. The van der Waals surface area contributed by atoms with Crippen molar-refractivity contribution in [3.8, 4) is 0 Å². The summed E-state index contributed by atoms with van der Waals surface area (Å²) in [5.74, 6) is 0.245. The molecule has 1 aromatic heterocycles. The van der Waals surface area contributed by atoms with Crippen molar-refractivity contribution in [3.05, 3.63) is 59.9 Å². The van der Waals surface area contributed by atoms with Gasteiger partial charge in [0.2, 0.25) is 5.91 Å². The van der Waals surface area contributed by atoms with E-state index in [4.69, 9.17) is 0 Å². The number of aromatic nitrogens is 1. The fraction of sp³-hybridized carbons (Fsp3) is 0.455. The number of amides is 2. The highest BCUT2D eigenvalue weighted by molar-refractivity contribution is 5.93. The van der Waals surface area contributed by atoms with Crippen molar-refractivity contribution in [2.45, 2.75) is 24.9 Å². The molecule has 3 heterocycles. The predicted octanol–water partition coefficient (Wildman–Crippen LogP) is 1.97. The van der Waals surface area contributed by atoms with Gasteiger partial charge in [-0.2, -0.15) is 0 Å². The molecule has 1 aromatic carbocycles. The highest BCUT2D eigenvalue weighted by atomic mass is 16.2. The normalized spacial score (nSPS) is 20.0. The molecule has 0 atom stereocenters. The molecule has 0 bridgehead atoms. The van der Waals surface area contributed by atoms with Gasteiger partial charge in [-0.3, -0.25) is 14.5 Å². The topological polar surface area (TPSA) is 48.8 Å². The Hall–Kier alpha value is -2.60. The van der Waals surface area contributed by atoms with E-state index in [1.165, 1.54) is 5.56 Å². The summed E-state index contributed by atoms with van der Waals surface area (Å²) in [4.78, 5) is 32.2. The number of piperidine rings is 1. The molecule has 6 nitrogen and oxygen atoms in total. The Labute approximate surface area is 166 Å². The minimum Gasteiger partial charge on any atom is -0.347 e. The Morgan fingerprint density at radius 2 is 1.68 bits per heavy atom. The largest absolute Gasteiger partial charge is 0.347 e. The number of carbonyl (C=O) groups is 2. The maximum absolute atomic E-state index is 13.2. The molecule has 28 heavy (non-hydrogen) atoms. The molecular formula is C22H28N4O2. The predicted molar refractivity (Wildman–Crippen MR) is 108 cm³/mol. The standard InChI is InChI=1S/C22H28N4O2/c1-23-12-6-9-19(23)20(27)25-13-10-22(11-14-25)21(28)24(2)15-16-26(22)17-18-7-4-3-5-8-18/h3-9,12H,10-11,13-17H2,1-2H3. The van der Waals surface area contributed by atoms with Crippen LogP contribution in [0.2, 0.25) is 0 Å². The fourth-order valence-electron chi connectivity index (χ4n) is 4.57. The van der Waals surface area contributed by atoms with Crippen molar-refractivity contribution in [2.75, 3.05) is 33.2 Å². The molecule has 2 fully saturated rings. The van der Waals surface area contributed by atoms with Crippen LogP contribution in [0, 0.1) is 0 Å². The average Bonchev–Trinajstić information content (AvgIpc) is 3.15. The van der Waals surface area contributed by atoms with Crippen LogP contribution in [0.5, 0.6) is 0 Å². The Morgan fingerprint density at radius 3 is 2.32 bits per heavy atom. The maximum Gasteiger partial charge on any atom is 0.270 e. The second kappa shape index (κ2) is 7.43. The Bertz CT molecular complexity index is 852. The van der Waals surface area contributed by atoms with Crippen molar-refractivity contribution in [1.29, 1.82) is 0 Å². The van der Waals surface area contributed by atoms with Gasteiger partial charge >= 0.3 is 0 Å². The van der Waals surface area contributed by atoms with Gasteiger partial charge in [-0.05, 0) is 30.5 Å². The molecule has 0 unspecified atom stereocenters. The summed E-state index contributed by atoms with van der Waals surface area (Å²) >= 11 is 0. The van der Waals surface area contributed by atoms with Crippen LogP contribution in [0.3, 0.4) is 0 Å². The van der Waals surface area contributed by atoms with Gasteiger partial charge in [-0.1, -0.05) is 30.3 Å². The van der Waals surface area contributed by atoms with E-state index in [-0.39, 0.29) is 11.8 Å². The molecule has 0 N–H and O–H groups in total. The van der Waals surface area contributed by atoms with Crippen molar-refractivity contribution >= 4 is 11.8 Å². The van der Waals surface area contributed by atoms with E-state index in [1.54, 1.807) is 0 Å². The van der Waals surface area contributed by atoms with E-state index in [1.807, 2.05) is 65.0 Å². The molecule has 2 aromatic rings. The summed E-state index contributed by atoms with van der Waals surface area (Å²) in [5.41, 5.74) is 1.42. The smallest absolute Gasteiger partial charge is 0.270 e. The van der Waals surface area contributed by atoms with E-state index in [0.29, 0.717) is 31.6 Å². The SMILES string of the molecule is CN1CCN(Cc2ccccc2)C2(CCN(C(=O)c3cccn3C)CC2)C1=O. The minimum atomic E-state index is -0.506. The van der Waals surface area contributed by atoms with Crippen LogP contribution in [0.15, 0.2) is 48.7 Å². The average molecular weight is 380 g/mol. The first-order chi connectivity index (χ1) is 13.5. The summed E-state index contributed by atoms with van der Waals surface area (Å²) in [6, 6.07) is 14.1. The van der Waals surface area contributed by atoms with Gasteiger partial charge in [0.1, 0.15) is 11.2 Å². The van der Waals surface area contributed by atoms with Crippen molar-refractivity contribution < 1.29 is 9.59 Å². The molecular weight excluding hydrogens is 352 g/mol. The lowest BCUT2D eigenvalue weighted by Gasteiger charge is -2.52. The lowest BCUT2D eigenvalue weighted by atomic mass is 9.82. The van der Waals surface area contributed by atoms with Gasteiger partial charge in [-0.15, -0.1) is 0 Å². The number of aryl methyl sites for hydroxylation is 1. The summed E-state index contributed by atoms with van der Waals surface area (Å²) in [6.07, 6.45) is 3.25. The third-order valence-corrected chi connectivity index (χ3v) is 6.31. The Balaban J connectivity index is 1.53. The quantitative estimate of drug-likeness (QED) is 0.818. The first kappa shape index (κ1) is 18.7. The molecule has 4 rings (SSSR count). The number of likely N-dealkylation sites (tertiary alicyclic amines) is 1. The summed E-state index contributed by atoms with van der Waals surface area (Å²) in [5, 5.41) is 0. The number of hydrogen-bond acceptors (Lipinski definition) is 3. The molecule has 2 aliphatic heterocycles. The van der Waals surface area contributed by atoms with Crippen molar-refractivity contribution in [2.24, 2.45) is 7.05 Å². The monoisotopic (exact) mass is 380 g/mol. The number of nitrogens with zero attached hydrogens (tertiary/aromatic N) is 4. The second-order valence-corrected chi connectivity index (χ2v) is 7.96. The van der Waals surface area contributed by atoms with Gasteiger partial charge < -0.3 is 14.4 Å². The van der Waals surface area contributed by atoms with E-state index >= 15 is 0 Å². The van der Waals surface area contributed by atoms with Crippen molar-refractivity contribution in [1.82, 2.24) is 19.3 Å². The van der Waals surface area contributed by atoms with Crippen LogP contribution in [0.1, 0.15) is 28.9 Å². The second-order valence-electron chi connectivity index (χ2n) is 7.96. The fourth-order valence-corrected chi connectivity index (χ4v) is 4.57. The van der Waals surface area contributed by atoms with Crippen molar-refractivity contribution in [3.63, 3.8) is 0 Å². The highest BCUT2D eigenvalue weighted by Gasteiger charge is 2.50. The van der Waals surface area contributed by atoms with Crippen LogP contribution in [-0.2, 0) is 18.4 Å². The van der Waals surface area contributed by atoms with Crippen LogP contribution in [-0.4, -0.2) is 69.8 Å². The molecule has 6 heteroatoms. The minimum absolute atomic E-state index is 0.0496. The zero-order valence-corrected chi connectivity index (χ0v) is 16.7. The molecule has 0 aliphatic carbocycles. The molecule has 148 valence electrons. The first-order valence-electron chi connectivity index (χ1n) is 9.96. The van der Waals surface area contributed by atoms with Gasteiger partial charge in [0.05, 0.1) is 0 Å². The number of rotatable bonds is 3. The third-order valence-electron chi connectivity index (χ3n) is 6.31. The van der Waals surface area contributed by atoms with Gasteiger partial charge in [-0.25, -0.2) is 0 Å². The molecule has 2 aliphatic rings. The van der Waals surface area contributed by atoms with E-state index in [9.17, 15) is 9.59 Å². The zero-order chi connectivity index (χ0) is 19.7. The van der Waals surface area contributed by atoms with Gasteiger partial charge in [0.25, 0.3) is 5.91 Å². The lowest BCUT2D eigenvalue weighted by Crippen LogP contribution is -2.68. The maximum atomic E-state index is 13.2. The van der Waals surface area contributed by atoms with Crippen LogP contribution in [0.25, 0.3) is 0 Å². The van der Waals surface area contributed by atoms with Crippen LogP contribution in [0.4, 0.5) is 0 Å². The number of benzene rings is 1. The van der Waals surface area contributed by atoms with E-state index in [2.05, 4.69) is 17.0 Å². The summed E-state index contributed by atoms with van der Waals surface area (Å²) in [6.45, 7) is 3.60. The summed E-state index contributed by atoms with van der Waals surface area (Å²) < 4.78 is 1.86. The highest BCUT2D eigenvalue weighted by Crippen LogP contribution is 2.35. The van der Waals surface area contributed by atoms with Crippen LogP contribution >= 0.6 is 0 Å². The molecule has 0 radical (unpaired) electrons. The van der Waals surface area contributed by atoms with Gasteiger partial charge in [0.15, 0.2) is 0 Å². The number of carbonyl (C=O) groups excluding carboxylic acids is 2. The van der Waals surface area contributed by atoms with E-state index < -0.39 is 5.54 Å². The number of piperazine rings is 1. The molecule has 2 amide bonds. The third kappa shape index (κ3) is 3.22. The molecule has 2 saturated heterocycles. The molecule has 1 spiro atoms.